The molecule has 0 spiro atoms. The standard InChI is InChI=1S/C12H23N3S/c1-2-13-7-5-3-4-6-8-14-11-12-15-9-10-16-12/h9-10,13-14H,2-8,11H2,1H3. The van der Waals surface area contributed by atoms with E-state index in [2.05, 4.69) is 22.5 Å². The second-order valence-corrected chi connectivity index (χ2v) is 4.85. The second-order valence-electron chi connectivity index (χ2n) is 3.87. The summed E-state index contributed by atoms with van der Waals surface area (Å²) in [7, 11) is 0. The first kappa shape index (κ1) is 13.6. The Balaban J connectivity index is 1.78. The third-order valence-electron chi connectivity index (χ3n) is 2.47. The van der Waals surface area contributed by atoms with E-state index in [4.69, 9.17) is 0 Å². The Labute approximate surface area is 103 Å². The van der Waals surface area contributed by atoms with E-state index < -0.39 is 0 Å². The second kappa shape index (κ2) is 9.75. The summed E-state index contributed by atoms with van der Waals surface area (Å²) in [5.74, 6) is 0. The molecule has 2 N–H and O–H groups in total. The van der Waals surface area contributed by atoms with E-state index in [-0.39, 0.29) is 0 Å². The Morgan fingerprint density at radius 3 is 2.50 bits per heavy atom. The van der Waals surface area contributed by atoms with E-state index in [0.717, 1.165) is 19.6 Å². The number of thiazole rings is 1. The average Bonchev–Trinajstić information content (AvgIpc) is 2.80. The molecule has 0 atom stereocenters. The first-order valence-corrected chi connectivity index (χ1v) is 7.11. The summed E-state index contributed by atoms with van der Waals surface area (Å²) >= 11 is 1.72. The van der Waals surface area contributed by atoms with Crippen LogP contribution < -0.4 is 10.6 Å². The number of hydrogen-bond acceptors (Lipinski definition) is 4. The lowest BCUT2D eigenvalue weighted by Crippen LogP contribution is -2.15. The maximum absolute atomic E-state index is 4.23. The minimum atomic E-state index is 0.926. The molecule has 1 aromatic rings. The van der Waals surface area contributed by atoms with Crippen LogP contribution in [-0.2, 0) is 6.54 Å². The summed E-state index contributed by atoms with van der Waals surface area (Å²) in [6.45, 7) is 6.46. The predicted octanol–water partition coefficient (Wildman–Crippen LogP) is 2.40. The van der Waals surface area contributed by atoms with Gasteiger partial charge in [0.05, 0.1) is 0 Å². The van der Waals surface area contributed by atoms with Crippen LogP contribution in [0.1, 0.15) is 37.6 Å². The number of hydrogen-bond donors (Lipinski definition) is 2. The largest absolute Gasteiger partial charge is 0.317 e. The van der Waals surface area contributed by atoms with Crippen LogP contribution >= 0.6 is 11.3 Å². The molecule has 1 heterocycles. The molecular weight excluding hydrogens is 218 g/mol. The smallest absolute Gasteiger partial charge is 0.106 e. The van der Waals surface area contributed by atoms with Gasteiger partial charge in [0.1, 0.15) is 5.01 Å². The van der Waals surface area contributed by atoms with Gasteiger partial charge in [-0.15, -0.1) is 11.3 Å². The van der Waals surface area contributed by atoms with Crippen LogP contribution in [0.3, 0.4) is 0 Å². The van der Waals surface area contributed by atoms with Crippen LogP contribution in [0.2, 0.25) is 0 Å². The number of rotatable bonds is 10. The maximum atomic E-state index is 4.23. The van der Waals surface area contributed by atoms with Gasteiger partial charge >= 0.3 is 0 Å². The Hall–Kier alpha value is -0.450. The van der Waals surface area contributed by atoms with Crippen LogP contribution in [0.5, 0.6) is 0 Å². The molecule has 0 aliphatic carbocycles. The molecule has 1 aromatic heterocycles. The topological polar surface area (TPSA) is 37.0 Å². The molecule has 0 radical (unpaired) electrons. The van der Waals surface area contributed by atoms with Gasteiger partial charge in [0.2, 0.25) is 0 Å². The van der Waals surface area contributed by atoms with Crippen molar-refractivity contribution in [1.29, 1.82) is 0 Å². The third kappa shape index (κ3) is 6.93. The van der Waals surface area contributed by atoms with Crippen molar-refractivity contribution in [2.24, 2.45) is 0 Å². The molecule has 0 fully saturated rings. The lowest BCUT2D eigenvalue weighted by atomic mass is 10.2. The van der Waals surface area contributed by atoms with E-state index in [9.17, 15) is 0 Å². The Kier molecular flexibility index (Phi) is 8.30. The minimum absolute atomic E-state index is 0.926. The van der Waals surface area contributed by atoms with Crippen LogP contribution in [-0.4, -0.2) is 24.6 Å². The van der Waals surface area contributed by atoms with Crippen molar-refractivity contribution >= 4 is 11.3 Å². The van der Waals surface area contributed by atoms with Crippen molar-refractivity contribution in [2.45, 2.75) is 39.2 Å². The Bertz CT molecular complexity index is 236. The first-order chi connectivity index (χ1) is 7.93. The Morgan fingerprint density at radius 2 is 1.88 bits per heavy atom. The summed E-state index contributed by atoms with van der Waals surface area (Å²) in [4.78, 5) is 4.23. The van der Waals surface area contributed by atoms with E-state index in [1.807, 2.05) is 11.6 Å². The van der Waals surface area contributed by atoms with E-state index in [1.54, 1.807) is 11.3 Å². The zero-order valence-electron chi connectivity index (χ0n) is 10.2. The van der Waals surface area contributed by atoms with Crippen LogP contribution in [0.25, 0.3) is 0 Å². The van der Waals surface area contributed by atoms with Gasteiger partial charge < -0.3 is 10.6 Å². The molecule has 0 aromatic carbocycles. The number of unbranched alkanes of at least 4 members (excludes halogenated alkanes) is 3. The van der Waals surface area contributed by atoms with Gasteiger partial charge in [0.15, 0.2) is 0 Å². The third-order valence-corrected chi connectivity index (χ3v) is 3.25. The lowest BCUT2D eigenvalue weighted by Gasteiger charge is -2.03. The predicted molar refractivity (Wildman–Crippen MR) is 70.8 cm³/mol. The SMILES string of the molecule is CCNCCCCCCNCc1nccs1. The molecule has 0 saturated heterocycles. The molecule has 0 aliphatic rings. The van der Waals surface area contributed by atoms with Crippen molar-refractivity contribution in [1.82, 2.24) is 15.6 Å². The molecule has 92 valence electrons. The van der Waals surface area contributed by atoms with Crippen molar-refractivity contribution in [3.8, 4) is 0 Å². The van der Waals surface area contributed by atoms with Crippen molar-refractivity contribution in [3.63, 3.8) is 0 Å². The number of nitrogens with one attached hydrogen (secondary N) is 2. The molecule has 0 saturated carbocycles. The highest BCUT2D eigenvalue weighted by atomic mass is 32.1. The van der Waals surface area contributed by atoms with E-state index in [1.165, 1.54) is 37.2 Å². The fourth-order valence-electron chi connectivity index (χ4n) is 1.57. The lowest BCUT2D eigenvalue weighted by molar-refractivity contribution is 0.568. The number of nitrogens with zero attached hydrogens (tertiary/aromatic N) is 1. The molecule has 1 rings (SSSR count). The van der Waals surface area contributed by atoms with Crippen LogP contribution in [0, 0.1) is 0 Å². The maximum Gasteiger partial charge on any atom is 0.106 e. The van der Waals surface area contributed by atoms with Crippen molar-refractivity contribution in [2.75, 3.05) is 19.6 Å². The molecular formula is C12H23N3S. The quantitative estimate of drug-likeness (QED) is 0.618. The van der Waals surface area contributed by atoms with E-state index >= 15 is 0 Å². The Morgan fingerprint density at radius 1 is 1.12 bits per heavy atom. The monoisotopic (exact) mass is 241 g/mol. The molecule has 3 nitrogen and oxygen atoms in total. The summed E-state index contributed by atoms with van der Waals surface area (Å²) < 4.78 is 0. The molecule has 0 unspecified atom stereocenters. The van der Waals surface area contributed by atoms with E-state index in [0.29, 0.717) is 0 Å². The highest BCUT2D eigenvalue weighted by Crippen LogP contribution is 2.03. The van der Waals surface area contributed by atoms with Gasteiger partial charge in [0, 0.05) is 18.1 Å². The minimum Gasteiger partial charge on any atom is -0.317 e. The highest BCUT2D eigenvalue weighted by Gasteiger charge is 1.94. The van der Waals surface area contributed by atoms with Gasteiger partial charge in [0.25, 0.3) is 0 Å². The fraction of sp³-hybridized carbons (Fsp3) is 0.750. The zero-order valence-corrected chi connectivity index (χ0v) is 11.0. The van der Waals surface area contributed by atoms with Crippen LogP contribution in [0.4, 0.5) is 0 Å². The van der Waals surface area contributed by atoms with Crippen molar-refractivity contribution in [3.05, 3.63) is 16.6 Å². The molecule has 0 amide bonds. The first-order valence-electron chi connectivity index (χ1n) is 6.23. The van der Waals surface area contributed by atoms with Gasteiger partial charge in [-0.1, -0.05) is 19.8 Å². The highest BCUT2D eigenvalue weighted by molar-refractivity contribution is 7.09. The van der Waals surface area contributed by atoms with Gasteiger partial charge in [-0.3, -0.25) is 0 Å². The zero-order chi connectivity index (χ0) is 11.5. The summed E-state index contributed by atoms with van der Waals surface area (Å²) in [6.07, 6.45) is 7.11. The summed E-state index contributed by atoms with van der Waals surface area (Å²) in [5.41, 5.74) is 0. The molecule has 0 bridgehead atoms. The van der Waals surface area contributed by atoms with Crippen LogP contribution in [0.15, 0.2) is 11.6 Å². The van der Waals surface area contributed by atoms with Gasteiger partial charge in [-0.05, 0) is 32.5 Å². The summed E-state index contributed by atoms with van der Waals surface area (Å²) in [5, 5.41) is 9.98. The van der Waals surface area contributed by atoms with Gasteiger partial charge in [-0.25, -0.2) is 4.98 Å². The van der Waals surface area contributed by atoms with Crippen molar-refractivity contribution < 1.29 is 0 Å². The molecule has 4 heteroatoms. The fourth-order valence-corrected chi connectivity index (χ4v) is 2.15. The molecule has 16 heavy (non-hydrogen) atoms. The molecule has 0 aliphatic heterocycles. The average molecular weight is 241 g/mol. The summed E-state index contributed by atoms with van der Waals surface area (Å²) in [6, 6.07) is 0. The van der Waals surface area contributed by atoms with Gasteiger partial charge in [-0.2, -0.15) is 0 Å². The normalized spacial score (nSPS) is 10.8. The number of aromatic nitrogens is 1.